The van der Waals surface area contributed by atoms with E-state index in [1.54, 1.807) is 0 Å². The van der Waals surface area contributed by atoms with Crippen LogP contribution in [0.1, 0.15) is 19.4 Å². The molecule has 132 valence electrons. The van der Waals surface area contributed by atoms with Crippen molar-refractivity contribution in [3.05, 3.63) is 66.7 Å². The maximum atomic E-state index is 4.20. The van der Waals surface area contributed by atoms with Crippen LogP contribution in [0.4, 0.5) is 5.69 Å². The van der Waals surface area contributed by atoms with Crippen molar-refractivity contribution >= 4 is 28.9 Å². The van der Waals surface area contributed by atoms with Crippen LogP contribution < -0.4 is 5.32 Å². The first kappa shape index (κ1) is 19.2. The van der Waals surface area contributed by atoms with Crippen molar-refractivity contribution in [2.75, 3.05) is 18.4 Å². The maximum absolute atomic E-state index is 4.20. The van der Waals surface area contributed by atoms with E-state index in [1.807, 2.05) is 30.9 Å². The summed E-state index contributed by atoms with van der Waals surface area (Å²) in [6, 6.07) is 13.2. The van der Waals surface area contributed by atoms with Gasteiger partial charge in [0.1, 0.15) is 0 Å². The van der Waals surface area contributed by atoms with Crippen molar-refractivity contribution in [1.82, 2.24) is 14.9 Å². The SMILES string of the molecule is C.Cl.c1cncc(CN2CC[C@@H](Nc3ccc4cnccc4c3)C2)c1. The summed E-state index contributed by atoms with van der Waals surface area (Å²) in [5.41, 5.74) is 2.48. The van der Waals surface area contributed by atoms with Gasteiger partial charge in [-0.2, -0.15) is 0 Å². The third-order valence-electron chi connectivity index (χ3n) is 4.41. The predicted octanol–water partition coefficient (Wildman–Crippen LogP) is 4.37. The molecule has 3 heterocycles. The minimum atomic E-state index is 0. The molecule has 0 unspecified atom stereocenters. The van der Waals surface area contributed by atoms with Gasteiger partial charge in [-0.3, -0.25) is 14.9 Å². The summed E-state index contributed by atoms with van der Waals surface area (Å²) in [6.07, 6.45) is 8.71. The Hall–Kier alpha value is -2.17. The first-order valence-electron chi connectivity index (χ1n) is 8.08. The van der Waals surface area contributed by atoms with Gasteiger partial charge in [0, 0.05) is 61.5 Å². The first-order chi connectivity index (χ1) is 11.4. The Morgan fingerprint density at radius 2 is 1.92 bits per heavy atom. The van der Waals surface area contributed by atoms with Gasteiger partial charge in [0.05, 0.1) is 0 Å². The number of hydrogen-bond acceptors (Lipinski definition) is 4. The Balaban J connectivity index is 0.00000113. The Bertz CT molecular complexity index is 794. The Morgan fingerprint density at radius 3 is 2.76 bits per heavy atom. The van der Waals surface area contributed by atoms with Crippen molar-refractivity contribution in [2.24, 2.45) is 0 Å². The molecule has 1 atom stereocenters. The zero-order valence-corrected chi connectivity index (χ0v) is 14.2. The van der Waals surface area contributed by atoms with Crippen molar-refractivity contribution in [3.63, 3.8) is 0 Å². The lowest BCUT2D eigenvalue weighted by Crippen LogP contribution is -2.25. The summed E-state index contributed by atoms with van der Waals surface area (Å²) in [7, 11) is 0. The lowest BCUT2D eigenvalue weighted by atomic mass is 10.1. The number of aromatic nitrogens is 2. The second-order valence-electron chi connectivity index (χ2n) is 6.16. The minimum absolute atomic E-state index is 0. The molecule has 0 saturated carbocycles. The van der Waals surface area contributed by atoms with Gasteiger partial charge >= 0.3 is 0 Å². The zero-order valence-electron chi connectivity index (χ0n) is 13.4. The van der Waals surface area contributed by atoms with Gasteiger partial charge < -0.3 is 5.32 Å². The van der Waals surface area contributed by atoms with Crippen LogP contribution in [0.2, 0.25) is 0 Å². The average Bonchev–Trinajstić information content (AvgIpc) is 3.02. The highest BCUT2D eigenvalue weighted by Crippen LogP contribution is 2.21. The maximum Gasteiger partial charge on any atom is 0.0400 e. The van der Waals surface area contributed by atoms with E-state index in [1.165, 1.54) is 28.4 Å². The van der Waals surface area contributed by atoms with E-state index < -0.39 is 0 Å². The van der Waals surface area contributed by atoms with Crippen LogP contribution in [0.25, 0.3) is 10.8 Å². The molecule has 1 N–H and O–H groups in total. The molecule has 0 amide bonds. The molecule has 25 heavy (non-hydrogen) atoms. The quantitative estimate of drug-likeness (QED) is 0.753. The molecule has 0 spiro atoms. The third-order valence-corrected chi connectivity index (χ3v) is 4.41. The van der Waals surface area contributed by atoms with Gasteiger partial charge in [-0.1, -0.05) is 19.6 Å². The van der Waals surface area contributed by atoms with Crippen LogP contribution in [0.3, 0.4) is 0 Å². The molecule has 1 aliphatic heterocycles. The molecule has 1 aromatic carbocycles. The van der Waals surface area contributed by atoms with Crippen molar-refractivity contribution in [3.8, 4) is 0 Å². The summed E-state index contributed by atoms with van der Waals surface area (Å²) < 4.78 is 0. The molecule has 0 aliphatic carbocycles. The molecular weight excluding hydrogens is 332 g/mol. The van der Waals surface area contributed by atoms with Crippen molar-refractivity contribution < 1.29 is 0 Å². The summed E-state index contributed by atoms with van der Waals surface area (Å²) in [4.78, 5) is 10.8. The van der Waals surface area contributed by atoms with Gasteiger partial charge in [0.15, 0.2) is 0 Å². The average molecular weight is 357 g/mol. The Morgan fingerprint density at radius 1 is 1.04 bits per heavy atom. The van der Waals surface area contributed by atoms with Crippen LogP contribution in [-0.4, -0.2) is 34.0 Å². The van der Waals surface area contributed by atoms with Gasteiger partial charge in [-0.15, -0.1) is 12.4 Å². The largest absolute Gasteiger partial charge is 0.381 e. The van der Waals surface area contributed by atoms with Gasteiger partial charge in [-0.05, 0) is 41.6 Å². The summed E-state index contributed by atoms with van der Waals surface area (Å²) in [5, 5.41) is 6.09. The molecule has 3 aromatic rings. The zero-order chi connectivity index (χ0) is 15.5. The Kier molecular flexibility index (Phi) is 6.73. The topological polar surface area (TPSA) is 41.1 Å². The van der Waals surface area contributed by atoms with Gasteiger partial charge in [0.25, 0.3) is 0 Å². The molecule has 2 aromatic heterocycles. The number of benzene rings is 1. The van der Waals surface area contributed by atoms with E-state index in [9.17, 15) is 0 Å². The number of nitrogens with zero attached hydrogens (tertiary/aromatic N) is 3. The molecule has 0 radical (unpaired) electrons. The third kappa shape index (κ3) is 4.68. The lowest BCUT2D eigenvalue weighted by Gasteiger charge is -2.17. The fourth-order valence-electron chi connectivity index (χ4n) is 3.25. The second-order valence-corrected chi connectivity index (χ2v) is 6.16. The Labute approximate surface area is 155 Å². The van der Waals surface area contributed by atoms with Crippen LogP contribution in [0.15, 0.2) is 61.2 Å². The number of hydrogen-bond donors (Lipinski definition) is 1. The van der Waals surface area contributed by atoms with E-state index in [0.717, 1.165) is 19.6 Å². The van der Waals surface area contributed by atoms with Gasteiger partial charge in [0.2, 0.25) is 0 Å². The van der Waals surface area contributed by atoms with Crippen LogP contribution >= 0.6 is 12.4 Å². The van der Waals surface area contributed by atoms with Crippen molar-refractivity contribution in [2.45, 2.75) is 26.4 Å². The highest BCUT2D eigenvalue weighted by Gasteiger charge is 2.22. The smallest absolute Gasteiger partial charge is 0.0400 e. The molecule has 4 rings (SSSR count). The van der Waals surface area contributed by atoms with Crippen LogP contribution in [-0.2, 0) is 6.54 Å². The van der Waals surface area contributed by atoms with E-state index in [4.69, 9.17) is 0 Å². The molecule has 1 fully saturated rings. The van der Waals surface area contributed by atoms with E-state index >= 15 is 0 Å². The van der Waals surface area contributed by atoms with E-state index in [-0.39, 0.29) is 19.8 Å². The molecule has 5 heteroatoms. The lowest BCUT2D eigenvalue weighted by molar-refractivity contribution is 0.328. The standard InChI is InChI=1S/C19H20N4.CH4.ClH/c1-2-15(11-20-7-1)13-23-9-6-19(14-23)22-18-4-3-17-12-21-8-5-16(17)10-18;;/h1-5,7-8,10-12,19,22H,6,9,13-14H2;1H4;1H/t19-;;/m1../s1. The number of rotatable bonds is 4. The second kappa shape index (κ2) is 8.79. The molecule has 0 bridgehead atoms. The van der Waals surface area contributed by atoms with E-state index in [2.05, 4.69) is 50.5 Å². The number of likely N-dealkylation sites (tertiary alicyclic amines) is 1. The van der Waals surface area contributed by atoms with Crippen LogP contribution in [0, 0.1) is 0 Å². The summed E-state index contributed by atoms with van der Waals surface area (Å²) in [5.74, 6) is 0. The minimum Gasteiger partial charge on any atom is -0.381 e. The predicted molar refractivity (Wildman–Crippen MR) is 107 cm³/mol. The molecule has 4 nitrogen and oxygen atoms in total. The monoisotopic (exact) mass is 356 g/mol. The highest BCUT2D eigenvalue weighted by atomic mass is 35.5. The summed E-state index contributed by atoms with van der Waals surface area (Å²) in [6.45, 7) is 3.18. The number of nitrogens with one attached hydrogen (secondary N) is 1. The summed E-state index contributed by atoms with van der Waals surface area (Å²) >= 11 is 0. The highest BCUT2D eigenvalue weighted by molar-refractivity contribution is 5.85. The van der Waals surface area contributed by atoms with Crippen molar-refractivity contribution in [1.29, 1.82) is 0 Å². The molecule has 1 saturated heterocycles. The number of halogens is 1. The molecular formula is C20H25ClN4. The number of anilines is 1. The first-order valence-corrected chi connectivity index (χ1v) is 8.08. The van der Waals surface area contributed by atoms with Crippen LogP contribution in [0.5, 0.6) is 0 Å². The fourth-order valence-corrected chi connectivity index (χ4v) is 3.25. The number of pyridine rings is 2. The molecule has 1 aliphatic rings. The fraction of sp³-hybridized carbons (Fsp3) is 0.300. The normalized spacial score (nSPS) is 16.9. The van der Waals surface area contributed by atoms with Gasteiger partial charge in [-0.25, -0.2) is 0 Å². The number of fused-ring (bicyclic) bond motifs is 1. The van der Waals surface area contributed by atoms with E-state index in [0.29, 0.717) is 6.04 Å².